The van der Waals surface area contributed by atoms with Gasteiger partial charge in [-0.2, -0.15) is 0 Å². The largest absolute Gasteiger partial charge is 0.459 e. The zero-order chi connectivity index (χ0) is 17.7. The Morgan fingerprint density at radius 1 is 1.38 bits per heavy atom. The van der Waals surface area contributed by atoms with E-state index >= 15 is 0 Å². The molecule has 2 rings (SSSR count). The molecule has 0 spiro atoms. The second kappa shape index (κ2) is 7.83. The van der Waals surface area contributed by atoms with Crippen molar-refractivity contribution in [3.8, 4) is 0 Å². The van der Waals surface area contributed by atoms with Crippen molar-refractivity contribution in [2.45, 2.75) is 26.5 Å². The Hall–Kier alpha value is -2.54. The molecule has 0 saturated carbocycles. The summed E-state index contributed by atoms with van der Waals surface area (Å²) in [6.45, 7) is 3.78. The Morgan fingerprint density at radius 2 is 2.12 bits per heavy atom. The molecule has 0 fully saturated rings. The van der Waals surface area contributed by atoms with Gasteiger partial charge in [0.25, 0.3) is 0 Å². The molecular formula is C16H18ClN3O4. The number of nitrogens with one attached hydrogen (secondary N) is 1. The molecule has 0 aliphatic carbocycles. The molecule has 0 aliphatic heterocycles. The number of amides is 2. The Kier molecular flexibility index (Phi) is 5.81. The molecule has 1 aromatic heterocycles. The molecule has 0 aliphatic rings. The van der Waals surface area contributed by atoms with Crippen LogP contribution in [0.1, 0.15) is 29.9 Å². The summed E-state index contributed by atoms with van der Waals surface area (Å²) in [6.07, 6.45) is 1.17. The summed E-state index contributed by atoms with van der Waals surface area (Å²) in [5.74, 6) is -0.540. The maximum absolute atomic E-state index is 12.2. The van der Waals surface area contributed by atoms with Crippen LogP contribution in [0.25, 0.3) is 0 Å². The van der Waals surface area contributed by atoms with Crippen LogP contribution in [0.15, 0.2) is 35.1 Å². The van der Waals surface area contributed by atoms with Gasteiger partial charge >= 0.3 is 12.0 Å². The fraction of sp³-hybridized carbons (Fsp3) is 0.312. The minimum Gasteiger partial charge on any atom is -0.459 e. The van der Waals surface area contributed by atoms with Gasteiger partial charge in [-0.05, 0) is 32.0 Å². The Balaban J connectivity index is 2.06. The molecule has 0 bridgehead atoms. The standard InChI is InChI=1S/C16H18ClN3O4/c1-10(2)24-15(21)13-8-11(4-5-14(13)17)18-16(22)20(3)9-12-6-7-23-19-12/h4-8,10H,9H2,1-3H3,(H,18,22). The highest BCUT2D eigenvalue weighted by Crippen LogP contribution is 2.22. The van der Waals surface area contributed by atoms with Gasteiger partial charge in [-0.25, -0.2) is 9.59 Å². The van der Waals surface area contributed by atoms with Crippen LogP contribution in [-0.2, 0) is 11.3 Å². The quantitative estimate of drug-likeness (QED) is 0.832. The molecule has 0 saturated heterocycles. The predicted octanol–water partition coefficient (Wildman–Crippen LogP) is 3.56. The summed E-state index contributed by atoms with van der Waals surface area (Å²) < 4.78 is 9.86. The Morgan fingerprint density at radius 3 is 2.75 bits per heavy atom. The summed E-state index contributed by atoms with van der Waals surface area (Å²) >= 11 is 6.03. The van der Waals surface area contributed by atoms with Crippen LogP contribution < -0.4 is 5.32 Å². The number of anilines is 1. The summed E-state index contributed by atoms with van der Waals surface area (Å²) in [7, 11) is 1.62. The van der Waals surface area contributed by atoms with Crippen LogP contribution in [0.4, 0.5) is 10.5 Å². The number of halogens is 1. The van der Waals surface area contributed by atoms with E-state index in [4.69, 9.17) is 20.9 Å². The van der Waals surface area contributed by atoms with E-state index in [1.54, 1.807) is 33.0 Å². The van der Waals surface area contributed by atoms with Gasteiger partial charge in [0.15, 0.2) is 0 Å². The molecule has 2 aromatic rings. The van der Waals surface area contributed by atoms with Crippen molar-refractivity contribution in [3.63, 3.8) is 0 Å². The first-order valence-corrected chi connectivity index (χ1v) is 7.66. The fourth-order valence-corrected chi connectivity index (χ4v) is 2.08. The highest BCUT2D eigenvalue weighted by molar-refractivity contribution is 6.33. The highest BCUT2D eigenvalue weighted by Gasteiger charge is 2.16. The zero-order valence-corrected chi connectivity index (χ0v) is 14.3. The van der Waals surface area contributed by atoms with Gasteiger partial charge < -0.3 is 19.5 Å². The third-order valence-electron chi connectivity index (χ3n) is 3.02. The van der Waals surface area contributed by atoms with Crippen LogP contribution >= 0.6 is 11.6 Å². The number of carbonyl (C=O) groups is 2. The summed E-state index contributed by atoms with van der Waals surface area (Å²) in [5, 5.41) is 6.70. The van der Waals surface area contributed by atoms with E-state index in [2.05, 4.69) is 10.5 Å². The van der Waals surface area contributed by atoms with Gasteiger partial charge in [0.1, 0.15) is 12.0 Å². The lowest BCUT2D eigenvalue weighted by Crippen LogP contribution is -2.31. The normalized spacial score (nSPS) is 10.5. The van der Waals surface area contributed by atoms with Crippen molar-refractivity contribution < 1.29 is 18.8 Å². The van der Waals surface area contributed by atoms with E-state index in [0.717, 1.165) is 0 Å². The molecule has 24 heavy (non-hydrogen) atoms. The number of esters is 1. The maximum Gasteiger partial charge on any atom is 0.339 e. The molecule has 1 aromatic carbocycles. The lowest BCUT2D eigenvalue weighted by atomic mass is 10.2. The second-order valence-corrected chi connectivity index (χ2v) is 5.83. The minimum absolute atomic E-state index is 0.197. The smallest absolute Gasteiger partial charge is 0.339 e. The fourth-order valence-electron chi connectivity index (χ4n) is 1.89. The van der Waals surface area contributed by atoms with Crippen molar-refractivity contribution in [2.24, 2.45) is 0 Å². The van der Waals surface area contributed by atoms with Crippen LogP contribution in [0.3, 0.4) is 0 Å². The highest BCUT2D eigenvalue weighted by atomic mass is 35.5. The number of urea groups is 1. The summed E-state index contributed by atoms with van der Waals surface area (Å²) in [4.78, 5) is 25.6. The minimum atomic E-state index is -0.540. The van der Waals surface area contributed by atoms with Crippen LogP contribution in [0.2, 0.25) is 5.02 Å². The third-order valence-corrected chi connectivity index (χ3v) is 3.35. The number of rotatable bonds is 5. The molecular weight excluding hydrogens is 334 g/mol. The predicted molar refractivity (Wildman–Crippen MR) is 89.0 cm³/mol. The van der Waals surface area contributed by atoms with Gasteiger partial charge in [-0.1, -0.05) is 16.8 Å². The van der Waals surface area contributed by atoms with Gasteiger partial charge in [-0.3, -0.25) is 0 Å². The van der Waals surface area contributed by atoms with Crippen molar-refractivity contribution in [2.75, 3.05) is 12.4 Å². The van der Waals surface area contributed by atoms with E-state index in [9.17, 15) is 9.59 Å². The number of benzene rings is 1. The molecule has 1 heterocycles. The van der Waals surface area contributed by atoms with E-state index in [1.165, 1.54) is 23.3 Å². The average Bonchev–Trinajstić information content (AvgIpc) is 3.01. The van der Waals surface area contributed by atoms with Gasteiger partial charge in [0.05, 0.1) is 23.2 Å². The molecule has 1 N–H and O–H groups in total. The van der Waals surface area contributed by atoms with Crippen LogP contribution in [0, 0.1) is 0 Å². The molecule has 0 atom stereocenters. The van der Waals surface area contributed by atoms with Crippen molar-refractivity contribution in [3.05, 3.63) is 46.8 Å². The monoisotopic (exact) mass is 351 g/mol. The molecule has 2 amide bonds. The molecule has 0 radical (unpaired) electrons. The first-order chi connectivity index (χ1) is 11.4. The Labute approximate surface area is 144 Å². The lowest BCUT2D eigenvalue weighted by molar-refractivity contribution is 0.0378. The van der Waals surface area contributed by atoms with Crippen molar-refractivity contribution >= 4 is 29.3 Å². The lowest BCUT2D eigenvalue weighted by Gasteiger charge is -2.17. The second-order valence-electron chi connectivity index (χ2n) is 5.43. The van der Waals surface area contributed by atoms with Crippen LogP contribution in [0.5, 0.6) is 0 Å². The van der Waals surface area contributed by atoms with Gasteiger partial charge in [-0.15, -0.1) is 0 Å². The Bertz CT molecular complexity index is 716. The van der Waals surface area contributed by atoms with Gasteiger partial charge in [0.2, 0.25) is 0 Å². The van der Waals surface area contributed by atoms with Crippen LogP contribution in [-0.4, -0.2) is 35.2 Å². The first-order valence-electron chi connectivity index (χ1n) is 7.28. The zero-order valence-electron chi connectivity index (χ0n) is 13.6. The molecule has 0 unspecified atom stereocenters. The van der Waals surface area contributed by atoms with E-state index < -0.39 is 5.97 Å². The first kappa shape index (κ1) is 17.8. The molecule has 128 valence electrons. The van der Waals surface area contributed by atoms with E-state index in [0.29, 0.717) is 11.4 Å². The van der Waals surface area contributed by atoms with Gasteiger partial charge in [0, 0.05) is 18.8 Å². The SMILES string of the molecule is CC(C)OC(=O)c1cc(NC(=O)N(C)Cc2ccon2)ccc1Cl. The molecule has 8 heteroatoms. The summed E-state index contributed by atoms with van der Waals surface area (Å²) in [5.41, 5.74) is 1.26. The summed E-state index contributed by atoms with van der Waals surface area (Å²) in [6, 6.07) is 5.94. The number of nitrogens with zero attached hydrogens (tertiary/aromatic N) is 2. The van der Waals surface area contributed by atoms with E-state index in [-0.39, 0.29) is 29.3 Å². The maximum atomic E-state index is 12.2. The van der Waals surface area contributed by atoms with E-state index in [1.807, 2.05) is 0 Å². The topological polar surface area (TPSA) is 84.7 Å². The molecule has 7 nitrogen and oxygen atoms in total. The van der Waals surface area contributed by atoms with Crippen molar-refractivity contribution in [1.29, 1.82) is 0 Å². The number of carbonyl (C=O) groups excluding carboxylic acids is 2. The number of hydrogen-bond acceptors (Lipinski definition) is 5. The number of ether oxygens (including phenoxy) is 1. The van der Waals surface area contributed by atoms with Crippen molar-refractivity contribution in [1.82, 2.24) is 10.1 Å². The number of aromatic nitrogens is 1. The third kappa shape index (κ3) is 4.73. The average molecular weight is 352 g/mol. The number of hydrogen-bond donors (Lipinski definition) is 1.